The van der Waals surface area contributed by atoms with Crippen LogP contribution in [0, 0.1) is 0 Å². The smallest absolute Gasteiger partial charge is 0.248 e. The molecule has 7 heteroatoms. The number of aromatic nitrogens is 3. The lowest BCUT2D eigenvalue weighted by atomic mass is 10.0. The Labute approximate surface area is 150 Å². The van der Waals surface area contributed by atoms with Crippen molar-refractivity contribution in [1.29, 1.82) is 0 Å². The van der Waals surface area contributed by atoms with Crippen molar-refractivity contribution >= 4 is 17.7 Å². The first kappa shape index (κ1) is 17.2. The Morgan fingerprint density at radius 3 is 2.88 bits per heavy atom. The summed E-state index contributed by atoms with van der Waals surface area (Å²) in [6, 6.07) is 6.47. The van der Waals surface area contributed by atoms with Gasteiger partial charge in [0.2, 0.25) is 5.91 Å². The van der Waals surface area contributed by atoms with Crippen LogP contribution in [0.1, 0.15) is 5.56 Å². The Kier molecular flexibility index (Phi) is 4.98. The third-order valence-electron chi connectivity index (χ3n) is 3.73. The number of phenols is 1. The SMILES string of the molecule is COc1cc(NC(=O)C=Cc2cnccc2-c2cnn(C)c2)ccc1O. The first-order chi connectivity index (χ1) is 12.6. The number of carbonyl (C=O) groups is 1. The van der Waals surface area contributed by atoms with Gasteiger partial charge in [-0.1, -0.05) is 0 Å². The second-order valence-electron chi connectivity index (χ2n) is 5.57. The average molecular weight is 350 g/mol. The first-order valence-electron chi connectivity index (χ1n) is 7.86. The molecular formula is C19H18N4O3. The number of phenolic OH excluding ortho intramolecular Hbond substituents is 1. The Bertz CT molecular complexity index is 963. The molecule has 7 nitrogen and oxygen atoms in total. The molecule has 1 amide bonds. The van der Waals surface area contributed by atoms with Gasteiger partial charge in [-0.2, -0.15) is 5.10 Å². The standard InChI is InChI=1S/C19H18N4O3/c1-23-12-14(11-21-23)16-7-8-20-10-13(16)3-6-19(25)22-15-4-5-17(24)18(9-15)26-2/h3-12,24H,1-2H3,(H,22,25). The van der Waals surface area contributed by atoms with E-state index >= 15 is 0 Å². The van der Waals surface area contributed by atoms with Gasteiger partial charge in [-0.05, 0) is 29.8 Å². The fourth-order valence-corrected chi connectivity index (χ4v) is 2.47. The second-order valence-corrected chi connectivity index (χ2v) is 5.57. The number of rotatable bonds is 5. The number of hydrogen-bond acceptors (Lipinski definition) is 5. The van der Waals surface area contributed by atoms with Gasteiger partial charge in [-0.15, -0.1) is 0 Å². The molecule has 0 aliphatic rings. The van der Waals surface area contributed by atoms with Crippen molar-refractivity contribution in [3.8, 4) is 22.6 Å². The number of carbonyl (C=O) groups excluding carboxylic acids is 1. The molecule has 0 aliphatic carbocycles. The molecule has 132 valence electrons. The number of hydrogen-bond donors (Lipinski definition) is 2. The molecule has 3 rings (SSSR count). The molecule has 0 saturated carbocycles. The lowest BCUT2D eigenvalue weighted by Gasteiger charge is -2.07. The number of nitrogens with one attached hydrogen (secondary N) is 1. The Morgan fingerprint density at radius 1 is 1.31 bits per heavy atom. The number of aryl methyl sites for hydroxylation is 1. The molecule has 26 heavy (non-hydrogen) atoms. The van der Waals surface area contributed by atoms with Crippen molar-refractivity contribution < 1.29 is 14.6 Å². The van der Waals surface area contributed by atoms with Crippen molar-refractivity contribution in [2.45, 2.75) is 0 Å². The molecule has 0 bridgehead atoms. The molecule has 0 spiro atoms. The summed E-state index contributed by atoms with van der Waals surface area (Å²) in [7, 11) is 3.29. The van der Waals surface area contributed by atoms with E-state index in [1.165, 1.54) is 19.3 Å². The van der Waals surface area contributed by atoms with Crippen molar-refractivity contribution in [2.24, 2.45) is 7.05 Å². The minimum Gasteiger partial charge on any atom is -0.504 e. The van der Waals surface area contributed by atoms with Gasteiger partial charge >= 0.3 is 0 Å². The topological polar surface area (TPSA) is 89.3 Å². The number of anilines is 1. The minimum atomic E-state index is -0.307. The van der Waals surface area contributed by atoms with Crippen molar-refractivity contribution in [1.82, 2.24) is 14.8 Å². The van der Waals surface area contributed by atoms with E-state index < -0.39 is 0 Å². The summed E-state index contributed by atoms with van der Waals surface area (Å²) in [5, 5.41) is 16.5. The number of amides is 1. The van der Waals surface area contributed by atoms with Crippen molar-refractivity contribution in [3.63, 3.8) is 0 Å². The molecule has 2 N–H and O–H groups in total. The highest BCUT2D eigenvalue weighted by atomic mass is 16.5. The zero-order valence-electron chi connectivity index (χ0n) is 14.4. The summed E-state index contributed by atoms with van der Waals surface area (Å²) < 4.78 is 6.74. The monoisotopic (exact) mass is 350 g/mol. The van der Waals surface area contributed by atoms with Crippen LogP contribution in [0.3, 0.4) is 0 Å². The van der Waals surface area contributed by atoms with E-state index in [1.54, 1.807) is 41.5 Å². The van der Waals surface area contributed by atoms with Gasteiger partial charge in [0.25, 0.3) is 0 Å². The lowest BCUT2D eigenvalue weighted by molar-refractivity contribution is -0.111. The number of ether oxygens (including phenoxy) is 1. The molecule has 0 unspecified atom stereocenters. The Balaban J connectivity index is 1.77. The van der Waals surface area contributed by atoms with Crippen LogP contribution >= 0.6 is 0 Å². The maximum Gasteiger partial charge on any atom is 0.248 e. The van der Waals surface area contributed by atoms with Crippen LogP contribution in [0.2, 0.25) is 0 Å². The number of methoxy groups -OCH3 is 1. The number of nitrogens with zero attached hydrogens (tertiary/aromatic N) is 3. The van der Waals surface area contributed by atoms with Crippen molar-refractivity contribution in [2.75, 3.05) is 12.4 Å². The third kappa shape index (κ3) is 3.89. The predicted molar refractivity (Wildman–Crippen MR) is 98.8 cm³/mol. The minimum absolute atomic E-state index is 0.0116. The fourth-order valence-electron chi connectivity index (χ4n) is 2.47. The van der Waals surface area contributed by atoms with Crippen LogP contribution < -0.4 is 10.1 Å². The fraction of sp³-hybridized carbons (Fsp3) is 0.105. The van der Waals surface area contributed by atoms with E-state index in [-0.39, 0.29) is 17.4 Å². The van der Waals surface area contributed by atoms with Gasteiger partial charge in [-0.3, -0.25) is 14.5 Å². The van der Waals surface area contributed by atoms with Crippen LogP contribution in [-0.2, 0) is 11.8 Å². The predicted octanol–water partition coefficient (Wildman–Crippen LogP) is 2.85. The van der Waals surface area contributed by atoms with Gasteiger partial charge < -0.3 is 15.2 Å². The second kappa shape index (κ2) is 7.52. The lowest BCUT2D eigenvalue weighted by Crippen LogP contribution is -2.07. The van der Waals surface area contributed by atoms with E-state index in [0.29, 0.717) is 5.69 Å². The van der Waals surface area contributed by atoms with Crippen LogP contribution in [0.4, 0.5) is 5.69 Å². The quantitative estimate of drug-likeness (QED) is 0.545. The van der Waals surface area contributed by atoms with Gasteiger partial charge in [0.15, 0.2) is 11.5 Å². The molecule has 2 aromatic heterocycles. The average Bonchev–Trinajstić information content (AvgIpc) is 3.08. The summed E-state index contributed by atoms with van der Waals surface area (Å²) in [4.78, 5) is 16.3. The number of aromatic hydroxyl groups is 1. The molecule has 0 atom stereocenters. The zero-order valence-corrected chi connectivity index (χ0v) is 14.4. The molecular weight excluding hydrogens is 332 g/mol. The number of pyridine rings is 1. The van der Waals surface area contributed by atoms with Crippen LogP contribution in [0.15, 0.2) is 55.1 Å². The largest absolute Gasteiger partial charge is 0.504 e. The zero-order chi connectivity index (χ0) is 18.5. The highest BCUT2D eigenvalue weighted by molar-refractivity contribution is 6.02. The summed E-state index contributed by atoms with van der Waals surface area (Å²) in [6.07, 6.45) is 10.2. The summed E-state index contributed by atoms with van der Waals surface area (Å²) in [5.41, 5.74) is 3.20. The Hall–Kier alpha value is -3.61. The van der Waals surface area contributed by atoms with Gasteiger partial charge in [0.05, 0.1) is 13.3 Å². The summed E-state index contributed by atoms with van der Waals surface area (Å²) in [6.45, 7) is 0. The van der Waals surface area contributed by atoms with Gasteiger partial charge in [-0.25, -0.2) is 0 Å². The first-order valence-corrected chi connectivity index (χ1v) is 7.86. The molecule has 0 aliphatic heterocycles. The van der Waals surface area contributed by atoms with E-state index in [0.717, 1.165) is 16.7 Å². The number of benzene rings is 1. The molecule has 0 fully saturated rings. The highest BCUT2D eigenvalue weighted by Gasteiger charge is 2.07. The molecule has 0 saturated heterocycles. The van der Waals surface area contributed by atoms with Crippen LogP contribution in [0.5, 0.6) is 11.5 Å². The Morgan fingerprint density at radius 2 is 2.15 bits per heavy atom. The summed E-state index contributed by atoms with van der Waals surface area (Å²) >= 11 is 0. The molecule has 2 heterocycles. The summed E-state index contributed by atoms with van der Waals surface area (Å²) in [5.74, 6) is -0.00542. The molecule has 3 aromatic rings. The van der Waals surface area contributed by atoms with E-state index in [9.17, 15) is 9.90 Å². The van der Waals surface area contributed by atoms with E-state index in [4.69, 9.17) is 4.74 Å². The van der Waals surface area contributed by atoms with Crippen LogP contribution in [-0.4, -0.2) is 32.9 Å². The molecule has 0 radical (unpaired) electrons. The maximum atomic E-state index is 12.2. The highest BCUT2D eigenvalue weighted by Crippen LogP contribution is 2.28. The van der Waals surface area contributed by atoms with Gasteiger partial charge in [0, 0.05) is 54.6 Å². The van der Waals surface area contributed by atoms with Crippen LogP contribution in [0.25, 0.3) is 17.2 Å². The van der Waals surface area contributed by atoms with E-state index in [1.807, 2.05) is 19.3 Å². The normalized spacial score (nSPS) is 10.8. The third-order valence-corrected chi connectivity index (χ3v) is 3.73. The molecule has 1 aromatic carbocycles. The van der Waals surface area contributed by atoms with E-state index in [2.05, 4.69) is 15.4 Å². The maximum absolute atomic E-state index is 12.2. The van der Waals surface area contributed by atoms with Gasteiger partial charge in [0.1, 0.15) is 0 Å². The van der Waals surface area contributed by atoms with Crippen molar-refractivity contribution in [3.05, 3.63) is 60.7 Å².